The van der Waals surface area contributed by atoms with E-state index in [1.54, 1.807) is 0 Å². The van der Waals surface area contributed by atoms with Crippen molar-refractivity contribution in [3.05, 3.63) is 28.8 Å². The molecule has 1 aromatic rings. The maximum atomic E-state index is 12.2. The summed E-state index contributed by atoms with van der Waals surface area (Å²) in [4.78, 5) is 0.327. The fourth-order valence-electron chi connectivity index (χ4n) is 2.32. The van der Waals surface area contributed by atoms with Crippen molar-refractivity contribution in [1.29, 1.82) is 0 Å². The fraction of sp³-hybridized carbons (Fsp3) is 0.600. The molecule has 1 aromatic carbocycles. The van der Waals surface area contributed by atoms with Crippen molar-refractivity contribution in [2.75, 3.05) is 6.61 Å². The third kappa shape index (κ3) is 4.62. The minimum atomic E-state index is -3.63. The van der Waals surface area contributed by atoms with Gasteiger partial charge in [0.1, 0.15) is 0 Å². The first kappa shape index (κ1) is 16.2. The van der Waals surface area contributed by atoms with Gasteiger partial charge >= 0.3 is 0 Å². The van der Waals surface area contributed by atoms with Crippen molar-refractivity contribution < 1.29 is 12.6 Å². The Hall–Kier alpha value is -0.870. The molecule has 0 radical (unpaired) electrons. The summed E-state index contributed by atoms with van der Waals surface area (Å²) in [7, 11) is -3.63. The lowest BCUT2D eigenvalue weighted by atomic mass is 10.1. The molecule has 0 fully saturated rings. The van der Waals surface area contributed by atoms with Crippen molar-refractivity contribution >= 4 is 10.1 Å². The summed E-state index contributed by atoms with van der Waals surface area (Å²) in [5.74, 6) is 0. The molecule has 0 spiro atoms. The molecule has 0 aliphatic carbocycles. The molecule has 108 valence electrons. The maximum Gasteiger partial charge on any atom is 0.297 e. The zero-order valence-electron chi connectivity index (χ0n) is 12.3. The van der Waals surface area contributed by atoms with Crippen LogP contribution in [0.1, 0.15) is 49.3 Å². The molecular formula is C15H24O3S. The van der Waals surface area contributed by atoms with Crippen LogP contribution in [0.5, 0.6) is 0 Å². The Morgan fingerprint density at radius 3 is 2.11 bits per heavy atom. The molecule has 0 saturated carbocycles. The van der Waals surface area contributed by atoms with Crippen LogP contribution < -0.4 is 0 Å². The zero-order chi connectivity index (χ0) is 14.5. The molecule has 0 aliphatic heterocycles. The minimum Gasteiger partial charge on any atom is -0.266 e. The first-order chi connectivity index (χ1) is 8.88. The highest BCUT2D eigenvalue weighted by atomic mass is 32.2. The van der Waals surface area contributed by atoms with E-state index in [-0.39, 0.29) is 6.61 Å². The number of rotatable bonds is 7. The Balaban J connectivity index is 2.78. The normalized spacial score (nSPS) is 11.8. The first-order valence-corrected chi connectivity index (χ1v) is 8.26. The molecule has 0 aliphatic rings. The summed E-state index contributed by atoms with van der Waals surface area (Å²) in [5.41, 5.74) is 2.58. The van der Waals surface area contributed by atoms with Crippen LogP contribution >= 0.6 is 0 Å². The summed E-state index contributed by atoms with van der Waals surface area (Å²) >= 11 is 0. The monoisotopic (exact) mass is 284 g/mol. The molecule has 0 bridgehead atoms. The van der Waals surface area contributed by atoms with E-state index in [0.717, 1.165) is 42.4 Å². The minimum absolute atomic E-state index is 0.273. The lowest BCUT2D eigenvalue weighted by Crippen LogP contribution is -2.11. The molecule has 0 aromatic heterocycles. The second kappa shape index (κ2) is 7.06. The lowest BCUT2D eigenvalue weighted by molar-refractivity contribution is 0.306. The van der Waals surface area contributed by atoms with Gasteiger partial charge in [-0.15, -0.1) is 0 Å². The van der Waals surface area contributed by atoms with Crippen molar-refractivity contribution in [1.82, 2.24) is 0 Å². The van der Waals surface area contributed by atoms with Crippen LogP contribution in [0.15, 0.2) is 17.0 Å². The third-order valence-electron chi connectivity index (χ3n) is 3.09. The van der Waals surface area contributed by atoms with Crippen LogP contribution in [0.3, 0.4) is 0 Å². The highest BCUT2D eigenvalue weighted by molar-refractivity contribution is 7.86. The Labute approximate surface area is 117 Å². The highest BCUT2D eigenvalue weighted by Crippen LogP contribution is 2.23. The largest absolute Gasteiger partial charge is 0.297 e. The van der Waals surface area contributed by atoms with Gasteiger partial charge in [-0.25, -0.2) is 0 Å². The Kier molecular flexibility index (Phi) is 6.01. The second-order valence-corrected chi connectivity index (χ2v) is 6.62. The predicted octanol–water partition coefficient (Wildman–Crippen LogP) is 3.90. The summed E-state index contributed by atoms with van der Waals surface area (Å²) < 4.78 is 29.5. The van der Waals surface area contributed by atoms with Crippen LogP contribution in [-0.2, 0) is 14.3 Å². The molecule has 0 unspecified atom stereocenters. The first-order valence-electron chi connectivity index (χ1n) is 6.85. The quantitative estimate of drug-likeness (QED) is 0.563. The molecule has 3 nitrogen and oxygen atoms in total. The Morgan fingerprint density at radius 1 is 1.00 bits per heavy atom. The summed E-state index contributed by atoms with van der Waals surface area (Å²) in [5, 5.41) is 0. The SMILES string of the molecule is CCCCCCOS(=O)(=O)c1c(C)cc(C)cc1C. The smallest absolute Gasteiger partial charge is 0.266 e. The molecular weight excluding hydrogens is 260 g/mol. The van der Waals surface area contributed by atoms with E-state index in [1.165, 1.54) is 0 Å². The van der Waals surface area contributed by atoms with Gasteiger partial charge in [0, 0.05) is 0 Å². The topological polar surface area (TPSA) is 43.4 Å². The predicted molar refractivity (Wildman–Crippen MR) is 77.9 cm³/mol. The summed E-state index contributed by atoms with van der Waals surface area (Å²) in [6.07, 6.45) is 4.05. The van der Waals surface area contributed by atoms with Crippen LogP contribution in [0.25, 0.3) is 0 Å². The van der Waals surface area contributed by atoms with Gasteiger partial charge in [-0.2, -0.15) is 8.42 Å². The van der Waals surface area contributed by atoms with Crippen molar-refractivity contribution in [2.24, 2.45) is 0 Å². The van der Waals surface area contributed by atoms with E-state index in [9.17, 15) is 8.42 Å². The molecule has 1 rings (SSSR count). The van der Waals surface area contributed by atoms with E-state index >= 15 is 0 Å². The molecule has 0 atom stereocenters. The van der Waals surface area contributed by atoms with Gasteiger partial charge in [0.2, 0.25) is 0 Å². The van der Waals surface area contributed by atoms with Crippen molar-refractivity contribution in [3.63, 3.8) is 0 Å². The fourth-order valence-corrected chi connectivity index (χ4v) is 3.68. The van der Waals surface area contributed by atoms with Crippen molar-refractivity contribution in [3.8, 4) is 0 Å². The average Bonchev–Trinajstić information content (AvgIpc) is 2.26. The summed E-state index contributed by atoms with van der Waals surface area (Å²) in [6.45, 7) is 7.98. The van der Waals surface area contributed by atoms with E-state index in [4.69, 9.17) is 4.18 Å². The number of aryl methyl sites for hydroxylation is 3. The maximum absolute atomic E-state index is 12.2. The zero-order valence-corrected chi connectivity index (χ0v) is 13.1. The molecule has 0 heterocycles. The van der Waals surface area contributed by atoms with Gasteiger partial charge < -0.3 is 0 Å². The van der Waals surface area contributed by atoms with Gasteiger partial charge in [-0.3, -0.25) is 4.18 Å². The van der Waals surface area contributed by atoms with Gasteiger partial charge in [0.05, 0.1) is 11.5 Å². The number of unbranched alkanes of at least 4 members (excludes halogenated alkanes) is 3. The molecule has 4 heteroatoms. The van der Waals surface area contributed by atoms with Gasteiger partial charge in [-0.1, -0.05) is 43.9 Å². The number of hydrogen-bond acceptors (Lipinski definition) is 3. The third-order valence-corrected chi connectivity index (χ3v) is 4.71. The Morgan fingerprint density at radius 2 is 1.58 bits per heavy atom. The highest BCUT2D eigenvalue weighted by Gasteiger charge is 2.20. The van der Waals surface area contributed by atoms with E-state index < -0.39 is 10.1 Å². The lowest BCUT2D eigenvalue weighted by Gasteiger charge is -2.12. The number of hydrogen-bond donors (Lipinski definition) is 0. The number of benzene rings is 1. The van der Waals surface area contributed by atoms with Gasteiger partial charge in [0.15, 0.2) is 0 Å². The standard InChI is InChI=1S/C15H24O3S/c1-5-6-7-8-9-18-19(16,17)15-13(3)10-12(2)11-14(15)4/h10-11H,5-9H2,1-4H3. The van der Waals surface area contributed by atoms with Crippen molar-refractivity contribution in [2.45, 2.75) is 58.3 Å². The van der Waals surface area contributed by atoms with Gasteiger partial charge in [0.25, 0.3) is 10.1 Å². The van der Waals surface area contributed by atoms with E-state index in [2.05, 4.69) is 6.92 Å². The molecule has 0 N–H and O–H groups in total. The Bertz CT molecular complexity index is 495. The van der Waals surface area contributed by atoms with Crippen LogP contribution in [0, 0.1) is 20.8 Å². The van der Waals surface area contributed by atoms with Crippen LogP contribution in [-0.4, -0.2) is 15.0 Å². The molecule has 0 amide bonds. The average molecular weight is 284 g/mol. The second-order valence-electron chi connectivity index (χ2n) is 5.06. The molecule has 0 saturated heterocycles. The van der Waals surface area contributed by atoms with Crippen LogP contribution in [0.2, 0.25) is 0 Å². The molecule has 19 heavy (non-hydrogen) atoms. The van der Waals surface area contributed by atoms with Crippen LogP contribution in [0.4, 0.5) is 0 Å². The van der Waals surface area contributed by atoms with Gasteiger partial charge in [-0.05, 0) is 38.3 Å². The van der Waals surface area contributed by atoms with E-state index in [1.807, 2.05) is 32.9 Å². The van der Waals surface area contributed by atoms with E-state index in [0.29, 0.717) is 4.90 Å². The summed E-state index contributed by atoms with van der Waals surface area (Å²) in [6, 6.07) is 3.75.